The lowest BCUT2D eigenvalue weighted by Gasteiger charge is -2.34. The van der Waals surface area contributed by atoms with Gasteiger partial charge in [-0.15, -0.1) is 0 Å². The fraction of sp³-hybridized carbons (Fsp3) is 0.311. The quantitative estimate of drug-likeness (QED) is 0.0392. The number of carbonyl (C=O) groups excluding carboxylic acids is 1. The third-order valence-corrected chi connectivity index (χ3v) is 27.0. The Balaban J connectivity index is 0.000000117. The normalized spacial score (nSPS) is 15.5. The minimum Gasteiger partial charge on any atom is -0.383 e. The maximum atomic E-state index is 14.0. The molecule has 698 valence electrons. The summed E-state index contributed by atoms with van der Waals surface area (Å²) in [5.74, 6) is 1.96. The highest BCUT2D eigenvalue weighted by atomic mass is 16.5. The fourth-order valence-electron chi connectivity index (χ4n) is 19.9. The Morgan fingerprint density at radius 1 is 0.467 bits per heavy atom. The number of hydrogen-bond donors (Lipinski definition) is 7. The first-order valence-electron chi connectivity index (χ1n) is 46.6. The number of rotatable bonds is 18. The molecule has 16 heterocycles. The molecule has 137 heavy (non-hydrogen) atoms. The molecule has 6 aromatic carbocycles. The van der Waals surface area contributed by atoms with Crippen molar-refractivity contribution in [3.05, 3.63) is 298 Å². The number of benzene rings is 6. The molecule has 0 saturated carbocycles. The molecule has 1 amide bonds. The topological polar surface area (TPSA) is 408 Å². The summed E-state index contributed by atoms with van der Waals surface area (Å²) in [4.78, 5) is 124. The molecule has 4 aliphatic rings. The third kappa shape index (κ3) is 18.0. The van der Waals surface area contributed by atoms with Gasteiger partial charge >= 0.3 is 0 Å². The summed E-state index contributed by atoms with van der Waals surface area (Å²) in [5.41, 5.74) is 29.7. The molecule has 0 spiro atoms. The molecular formula is C103H110N28O6. The van der Waals surface area contributed by atoms with E-state index in [1.807, 2.05) is 183 Å². The summed E-state index contributed by atoms with van der Waals surface area (Å²) < 4.78 is 16.7. The molecule has 12 aromatic heterocycles. The lowest BCUT2D eigenvalue weighted by molar-refractivity contribution is -0.116. The molecule has 0 bridgehead atoms. The number of fused-ring (bicyclic) bond motifs is 8. The van der Waals surface area contributed by atoms with Crippen LogP contribution in [0.3, 0.4) is 0 Å². The molecule has 34 heteroatoms. The molecule has 18 aromatic rings. The first-order chi connectivity index (χ1) is 66.5. The second-order valence-corrected chi connectivity index (χ2v) is 36.1. The molecule has 4 fully saturated rings. The van der Waals surface area contributed by atoms with E-state index < -0.39 is 0 Å². The second-order valence-electron chi connectivity index (χ2n) is 36.1. The standard InChI is InChI=1S/C28H29N7O2.C28H25N7O2.C24H29N7O.C23H27N7O/c1-18-6-3-4-9-23(18)35-21(14-20-8-5-7-19(2)24(20)28(35)36)15-34-27-25(26(29)30-17-31-27)22(32-34)16-33-10-12-37-13-11-33;1-16-6-3-4-9-22(16)35-20(12-18-8-5-7-17(2)23(18)28(35)37)14-34-26-24(25(29)31-15-32-26)21(33-34)13-19-10-11-30-27(19)36;1-4-18(29-23-21-22(26-13-25-21)27-14-28-23)19-12-16-7-5-6-15(2)20(16)24(32)31(19)17-8-10-30(3)11-9-17;1-14-5-4-6-16-11-18(15(2)28-22-20-21(25-12-24-20)26-13-27-22)30(23(31)19(14)16)17-7-9-29(3)10-8-17/h3-9,14,17H,10-13,15-16H2,1-2H3,(H2,29,30,31);3-9,12-13,15H,10-11,14H2,1-2H3,(H,30,36)(H2,29,31,32);5-7,12-14,17-18H,4,8-11H2,1-3H3,(H2,25,26,27,28,29);4-6,11-13,15,17H,7-10H2,1-3H3,(H2,24,25,26,27,28)/b;19-13-;;. The first-order valence-corrected chi connectivity index (χ1v) is 46.6. The number of aromatic nitrogens is 20. The van der Waals surface area contributed by atoms with Crippen molar-refractivity contribution in [2.45, 2.75) is 138 Å². The van der Waals surface area contributed by atoms with Gasteiger partial charge in [0.2, 0.25) is 5.91 Å². The van der Waals surface area contributed by atoms with E-state index in [9.17, 15) is 24.0 Å². The van der Waals surface area contributed by atoms with Crippen LogP contribution in [0.2, 0.25) is 0 Å². The number of nitrogen functional groups attached to an aromatic ring is 2. The molecule has 2 atom stereocenters. The van der Waals surface area contributed by atoms with Gasteiger partial charge in [0.15, 0.2) is 34.2 Å². The third-order valence-electron chi connectivity index (χ3n) is 27.0. The van der Waals surface area contributed by atoms with Gasteiger partial charge in [0.25, 0.3) is 22.2 Å². The van der Waals surface area contributed by atoms with Gasteiger partial charge in [0, 0.05) is 66.6 Å². The van der Waals surface area contributed by atoms with E-state index in [1.54, 1.807) is 28.0 Å². The summed E-state index contributed by atoms with van der Waals surface area (Å²) in [7, 11) is 4.28. The number of aromatic amines is 2. The Morgan fingerprint density at radius 3 is 1.39 bits per heavy atom. The zero-order valence-corrected chi connectivity index (χ0v) is 78.4. The molecular weight excluding hydrogens is 1730 g/mol. The van der Waals surface area contributed by atoms with Gasteiger partial charge in [-0.05, 0) is 225 Å². The van der Waals surface area contributed by atoms with Gasteiger partial charge < -0.3 is 61.1 Å². The number of nitrogens with zero attached hydrogens (tertiary/aromatic N) is 21. The lowest BCUT2D eigenvalue weighted by atomic mass is 9.98. The Labute approximate surface area is 788 Å². The number of amides is 1. The highest BCUT2D eigenvalue weighted by Gasteiger charge is 2.32. The van der Waals surface area contributed by atoms with Crippen LogP contribution >= 0.6 is 0 Å². The van der Waals surface area contributed by atoms with Gasteiger partial charge in [-0.3, -0.25) is 38.0 Å². The Kier molecular flexibility index (Phi) is 25.8. The van der Waals surface area contributed by atoms with Crippen LogP contribution in [0.4, 0.5) is 23.3 Å². The first kappa shape index (κ1) is 90.8. The van der Waals surface area contributed by atoms with E-state index in [-0.39, 0.29) is 64.7 Å². The summed E-state index contributed by atoms with van der Waals surface area (Å²) in [6.45, 7) is 25.0. The molecule has 4 saturated heterocycles. The van der Waals surface area contributed by atoms with E-state index in [1.165, 1.54) is 25.3 Å². The van der Waals surface area contributed by atoms with Crippen LogP contribution in [0.5, 0.6) is 0 Å². The van der Waals surface area contributed by atoms with Crippen LogP contribution in [-0.4, -0.2) is 191 Å². The van der Waals surface area contributed by atoms with Crippen molar-refractivity contribution in [2.24, 2.45) is 0 Å². The van der Waals surface area contributed by atoms with E-state index in [0.717, 1.165) is 199 Å². The van der Waals surface area contributed by atoms with Gasteiger partial charge in [-0.1, -0.05) is 116 Å². The molecule has 4 aliphatic heterocycles. The number of morpholine rings is 1. The maximum Gasteiger partial charge on any atom is 0.263 e. The SMILES string of the molecule is CCC(Nc1ncnc2nc[nH]c12)c1cc2cccc(C)c2c(=O)n1C1CCN(C)CC1.Cc1cccc2cc(C(C)Nc3ncnc4nc[nH]c34)n(C3CCN(C)CC3)c(=O)c12.Cc1ccccc1-n1c(Cn2nc(/C=C3/CCNC3=O)c3c(N)ncnc32)cc2cccc(C)c2c1=O.Cc1ccccc1-n1c(Cn2nc(CN3CCOCC3)c3c(N)ncnc32)cc2cccc(C)c2c1=O. The molecule has 0 aliphatic carbocycles. The monoisotopic (exact) mass is 1830 g/mol. The van der Waals surface area contributed by atoms with Crippen LogP contribution < -0.4 is 49.7 Å². The largest absolute Gasteiger partial charge is 0.383 e. The number of para-hydroxylation sites is 2. The van der Waals surface area contributed by atoms with Crippen LogP contribution in [0.1, 0.15) is 144 Å². The minimum atomic E-state index is -0.126. The fourth-order valence-corrected chi connectivity index (χ4v) is 19.9. The number of anilines is 4. The van der Waals surface area contributed by atoms with Crippen molar-refractivity contribution in [1.82, 2.24) is 118 Å². The summed E-state index contributed by atoms with van der Waals surface area (Å²) in [5, 5.41) is 27.8. The molecule has 22 rings (SSSR count). The highest BCUT2D eigenvalue weighted by Crippen LogP contribution is 2.37. The second kappa shape index (κ2) is 38.9. The number of H-pyrrole nitrogens is 2. The molecule has 34 nitrogen and oxygen atoms in total. The van der Waals surface area contributed by atoms with Crippen molar-refractivity contribution >= 4 is 123 Å². The van der Waals surface area contributed by atoms with Crippen molar-refractivity contribution in [2.75, 3.05) is 95.2 Å². The number of pyridine rings is 4. The predicted molar refractivity (Wildman–Crippen MR) is 537 cm³/mol. The Hall–Kier alpha value is -15.4. The van der Waals surface area contributed by atoms with E-state index in [2.05, 4.69) is 141 Å². The zero-order valence-electron chi connectivity index (χ0n) is 78.4. The van der Waals surface area contributed by atoms with Crippen LogP contribution in [0.15, 0.2) is 208 Å². The van der Waals surface area contributed by atoms with Crippen LogP contribution in [0.25, 0.3) is 105 Å². The highest BCUT2D eigenvalue weighted by molar-refractivity contribution is 6.03. The number of imidazole rings is 2. The number of carbonyl (C=O) groups is 1. The smallest absolute Gasteiger partial charge is 0.263 e. The molecule has 2 unspecified atom stereocenters. The Morgan fingerprint density at radius 2 is 0.905 bits per heavy atom. The molecule has 9 N–H and O–H groups in total. The van der Waals surface area contributed by atoms with Gasteiger partial charge in [0.1, 0.15) is 48.0 Å². The number of nitrogens with two attached hydrogens (primary N) is 2. The average Bonchev–Trinajstić information content (AvgIpc) is 1.69. The molecule has 0 radical (unpaired) electrons. The van der Waals surface area contributed by atoms with Crippen LogP contribution in [-0.2, 0) is 29.2 Å². The summed E-state index contributed by atoms with van der Waals surface area (Å²) >= 11 is 0. The summed E-state index contributed by atoms with van der Waals surface area (Å²) in [6.07, 6.45) is 16.2. The Bertz CT molecular complexity index is 7960. The van der Waals surface area contributed by atoms with Gasteiger partial charge in [-0.25, -0.2) is 59.2 Å². The van der Waals surface area contributed by atoms with Crippen molar-refractivity contribution in [1.29, 1.82) is 0 Å². The lowest BCUT2D eigenvalue weighted by Crippen LogP contribution is -2.38. The summed E-state index contributed by atoms with van der Waals surface area (Å²) in [6, 6.07) is 48.3. The number of aryl methyl sites for hydroxylation is 6. The number of piperidine rings is 2. The van der Waals surface area contributed by atoms with Crippen LogP contribution in [0, 0.1) is 41.5 Å². The zero-order chi connectivity index (χ0) is 95.0. The van der Waals surface area contributed by atoms with E-state index in [4.69, 9.17) is 26.4 Å². The van der Waals surface area contributed by atoms with E-state index in [0.29, 0.717) is 101 Å². The average molecular weight is 1840 g/mol. The predicted octanol–water partition coefficient (Wildman–Crippen LogP) is 13.7. The number of ether oxygens (including phenoxy) is 1. The minimum absolute atomic E-state index is 0.0426. The number of nitrogens with one attached hydrogen (secondary N) is 5. The maximum absolute atomic E-state index is 14.0. The van der Waals surface area contributed by atoms with Crippen molar-refractivity contribution < 1.29 is 9.53 Å². The van der Waals surface area contributed by atoms with Gasteiger partial charge in [0.05, 0.1) is 106 Å². The van der Waals surface area contributed by atoms with Crippen molar-refractivity contribution in [3.63, 3.8) is 0 Å². The van der Waals surface area contributed by atoms with Gasteiger partial charge in [-0.2, -0.15) is 10.2 Å². The number of likely N-dealkylation sites (tertiary alicyclic amines) is 2. The number of hydrogen-bond acceptors (Lipinski definition) is 25. The van der Waals surface area contributed by atoms with Crippen molar-refractivity contribution in [3.8, 4) is 11.4 Å². The van der Waals surface area contributed by atoms with E-state index >= 15 is 0 Å².